The number of benzene rings is 2. The first kappa shape index (κ1) is 18.5. The minimum atomic E-state index is 0.0941. The molecule has 3 rings (SSSR count). The van der Waals surface area contributed by atoms with Gasteiger partial charge in [0.1, 0.15) is 0 Å². The van der Waals surface area contributed by atoms with Crippen molar-refractivity contribution in [3.05, 3.63) is 60.2 Å². The van der Waals surface area contributed by atoms with Gasteiger partial charge in [0.2, 0.25) is 0 Å². The highest BCUT2D eigenvalue weighted by Gasteiger charge is 2.22. The molecule has 4 nitrogen and oxygen atoms in total. The second kappa shape index (κ2) is 7.92. The molecule has 0 saturated carbocycles. The minimum absolute atomic E-state index is 0.0941. The van der Waals surface area contributed by atoms with Crippen LogP contribution in [0, 0.1) is 0 Å². The van der Waals surface area contributed by atoms with Gasteiger partial charge >= 0.3 is 0 Å². The highest BCUT2D eigenvalue weighted by Crippen LogP contribution is 2.23. The topological polar surface area (TPSA) is 36.8 Å². The zero-order valence-electron chi connectivity index (χ0n) is 16.1. The second-order valence-corrected chi connectivity index (χ2v) is 8.12. The van der Waals surface area contributed by atoms with Crippen LogP contribution in [0.2, 0.25) is 0 Å². The van der Waals surface area contributed by atoms with Gasteiger partial charge in [-0.25, -0.2) is 0 Å². The molecule has 2 aromatic carbocycles. The number of nitrogens with one attached hydrogen (secondary N) is 2. The maximum Gasteiger partial charge on any atom is 0.279 e. The molecule has 0 bridgehead atoms. The van der Waals surface area contributed by atoms with Gasteiger partial charge in [-0.05, 0) is 35.2 Å². The molecule has 0 aromatic heterocycles. The van der Waals surface area contributed by atoms with Crippen LogP contribution in [0.5, 0.6) is 0 Å². The van der Waals surface area contributed by atoms with E-state index in [-0.39, 0.29) is 11.3 Å². The van der Waals surface area contributed by atoms with E-state index in [2.05, 4.69) is 67.4 Å². The average molecular weight is 353 g/mol. The average Bonchev–Trinajstić information content (AvgIpc) is 2.63. The summed E-state index contributed by atoms with van der Waals surface area (Å²) < 4.78 is 0. The van der Waals surface area contributed by atoms with E-state index in [0.717, 1.165) is 31.9 Å². The van der Waals surface area contributed by atoms with Crippen molar-refractivity contribution >= 4 is 17.3 Å². The summed E-state index contributed by atoms with van der Waals surface area (Å²) in [5, 5.41) is 3.04. The van der Waals surface area contributed by atoms with Crippen LogP contribution >= 0.6 is 0 Å². The summed E-state index contributed by atoms with van der Waals surface area (Å²) in [6.45, 7) is 11.1. The first-order chi connectivity index (χ1) is 12.4. The summed E-state index contributed by atoms with van der Waals surface area (Å²) in [5.74, 6) is 0.0941. The number of piperazine rings is 1. The summed E-state index contributed by atoms with van der Waals surface area (Å²) >= 11 is 0. The molecule has 138 valence electrons. The molecule has 26 heavy (non-hydrogen) atoms. The summed E-state index contributed by atoms with van der Waals surface area (Å²) in [6, 6.07) is 18.7. The fraction of sp³-hybridized carbons (Fsp3) is 0.409. The zero-order chi connectivity index (χ0) is 18.6. The van der Waals surface area contributed by atoms with Crippen molar-refractivity contribution in [3.63, 3.8) is 0 Å². The third kappa shape index (κ3) is 4.85. The van der Waals surface area contributed by atoms with E-state index in [9.17, 15) is 4.79 Å². The molecule has 0 spiro atoms. The molecule has 1 fully saturated rings. The number of rotatable bonds is 4. The summed E-state index contributed by atoms with van der Waals surface area (Å²) in [6.07, 6.45) is 0. The summed E-state index contributed by atoms with van der Waals surface area (Å²) in [4.78, 5) is 16.1. The number of hydrogen-bond acceptors (Lipinski definition) is 2. The Bertz CT molecular complexity index is 711. The van der Waals surface area contributed by atoms with Crippen molar-refractivity contribution in [2.45, 2.75) is 26.2 Å². The number of nitrogens with zero attached hydrogens (tertiary/aromatic N) is 1. The standard InChI is InChI=1S/C22H29N3O/c1-22(2,3)18-9-11-19(12-10-18)23-21(26)17-24-13-15-25(16-14-24)20-7-5-4-6-8-20/h4-12H,13-17H2,1-3H3,(H,23,26)/p+1. The molecule has 0 unspecified atom stereocenters. The van der Waals surface area contributed by atoms with Crippen molar-refractivity contribution < 1.29 is 9.69 Å². The predicted octanol–water partition coefficient (Wildman–Crippen LogP) is 2.33. The van der Waals surface area contributed by atoms with Gasteiger partial charge in [-0.15, -0.1) is 0 Å². The normalized spacial score (nSPS) is 15.7. The van der Waals surface area contributed by atoms with Gasteiger partial charge in [0.05, 0.1) is 26.2 Å². The van der Waals surface area contributed by atoms with Crippen LogP contribution in [-0.4, -0.2) is 38.6 Å². The van der Waals surface area contributed by atoms with Gasteiger partial charge in [-0.2, -0.15) is 0 Å². The molecule has 1 aliphatic heterocycles. The highest BCUT2D eigenvalue weighted by molar-refractivity contribution is 5.91. The third-order valence-electron chi connectivity index (χ3n) is 5.04. The van der Waals surface area contributed by atoms with E-state index in [1.807, 2.05) is 18.2 Å². The summed E-state index contributed by atoms with van der Waals surface area (Å²) in [5.41, 5.74) is 3.56. The van der Waals surface area contributed by atoms with Gasteiger partial charge in [0, 0.05) is 11.4 Å². The van der Waals surface area contributed by atoms with E-state index < -0.39 is 0 Å². The first-order valence-electron chi connectivity index (χ1n) is 9.46. The Labute approximate surface area is 156 Å². The SMILES string of the molecule is CC(C)(C)c1ccc(NC(=O)C[NH+]2CCN(c3ccccc3)CC2)cc1. The van der Waals surface area contributed by atoms with Crippen molar-refractivity contribution in [1.29, 1.82) is 0 Å². The molecule has 0 atom stereocenters. The van der Waals surface area contributed by atoms with E-state index >= 15 is 0 Å². The lowest BCUT2D eigenvalue weighted by Crippen LogP contribution is -3.15. The Kier molecular flexibility index (Phi) is 5.62. The molecule has 0 aliphatic carbocycles. The molecular formula is C22H30N3O+. The van der Waals surface area contributed by atoms with Gasteiger partial charge < -0.3 is 15.1 Å². The van der Waals surface area contributed by atoms with Crippen LogP contribution in [0.25, 0.3) is 0 Å². The quantitative estimate of drug-likeness (QED) is 0.886. The Morgan fingerprint density at radius 3 is 2.19 bits per heavy atom. The maximum absolute atomic E-state index is 12.4. The first-order valence-corrected chi connectivity index (χ1v) is 9.46. The van der Waals surface area contributed by atoms with Gasteiger partial charge in [0.25, 0.3) is 5.91 Å². The summed E-state index contributed by atoms with van der Waals surface area (Å²) in [7, 11) is 0. The number of quaternary nitrogens is 1. The third-order valence-corrected chi connectivity index (χ3v) is 5.04. The number of para-hydroxylation sites is 1. The number of amides is 1. The lowest BCUT2D eigenvalue weighted by Gasteiger charge is -2.33. The predicted molar refractivity (Wildman–Crippen MR) is 108 cm³/mol. The van der Waals surface area contributed by atoms with Crippen molar-refractivity contribution in [3.8, 4) is 0 Å². The lowest BCUT2D eigenvalue weighted by atomic mass is 9.87. The molecular weight excluding hydrogens is 322 g/mol. The molecule has 2 aromatic rings. The largest absolute Gasteiger partial charge is 0.360 e. The zero-order valence-corrected chi connectivity index (χ0v) is 16.1. The van der Waals surface area contributed by atoms with Crippen molar-refractivity contribution in [2.75, 3.05) is 42.9 Å². The Hall–Kier alpha value is -2.33. The van der Waals surface area contributed by atoms with E-state index in [1.54, 1.807) is 0 Å². The van der Waals surface area contributed by atoms with Gasteiger partial charge in [0.15, 0.2) is 6.54 Å². The molecule has 1 aliphatic rings. The number of anilines is 2. The molecule has 1 amide bonds. The number of carbonyl (C=O) groups excluding carboxylic acids is 1. The molecule has 0 radical (unpaired) electrons. The fourth-order valence-corrected chi connectivity index (χ4v) is 3.38. The Morgan fingerprint density at radius 1 is 1.00 bits per heavy atom. The van der Waals surface area contributed by atoms with Crippen molar-refractivity contribution in [2.24, 2.45) is 0 Å². The van der Waals surface area contributed by atoms with Crippen LogP contribution in [0.15, 0.2) is 54.6 Å². The van der Waals surface area contributed by atoms with Crippen LogP contribution in [0.4, 0.5) is 11.4 Å². The van der Waals surface area contributed by atoms with Crippen LogP contribution in [0.1, 0.15) is 26.3 Å². The molecule has 1 saturated heterocycles. The van der Waals surface area contributed by atoms with Crippen LogP contribution < -0.4 is 15.1 Å². The maximum atomic E-state index is 12.4. The molecule has 1 heterocycles. The van der Waals surface area contributed by atoms with E-state index in [1.165, 1.54) is 16.2 Å². The van der Waals surface area contributed by atoms with Crippen molar-refractivity contribution in [1.82, 2.24) is 0 Å². The number of hydrogen-bond donors (Lipinski definition) is 2. The Morgan fingerprint density at radius 2 is 1.62 bits per heavy atom. The fourth-order valence-electron chi connectivity index (χ4n) is 3.38. The Balaban J connectivity index is 1.47. The number of carbonyl (C=O) groups is 1. The molecule has 4 heteroatoms. The van der Waals surface area contributed by atoms with Crippen LogP contribution in [0.3, 0.4) is 0 Å². The highest BCUT2D eigenvalue weighted by atomic mass is 16.2. The van der Waals surface area contributed by atoms with E-state index in [0.29, 0.717) is 6.54 Å². The van der Waals surface area contributed by atoms with Crippen LogP contribution in [-0.2, 0) is 10.2 Å². The van der Waals surface area contributed by atoms with Gasteiger partial charge in [-0.1, -0.05) is 51.1 Å². The smallest absolute Gasteiger partial charge is 0.279 e. The van der Waals surface area contributed by atoms with E-state index in [4.69, 9.17) is 0 Å². The minimum Gasteiger partial charge on any atom is -0.360 e. The molecule has 2 N–H and O–H groups in total. The lowest BCUT2D eigenvalue weighted by molar-refractivity contribution is -0.892. The second-order valence-electron chi connectivity index (χ2n) is 8.12. The monoisotopic (exact) mass is 352 g/mol. The van der Waals surface area contributed by atoms with Gasteiger partial charge in [-0.3, -0.25) is 4.79 Å².